The summed E-state index contributed by atoms with van der Waals surface area (Å²) in [5.74, 6) is -0.0426. The Bertz CT molecular complexity index is 440. The van der Waals surface area contributed by atoms with Crippen LogP contribution in [0.3, 0.4) is 0 Å². The van der Waals surface area contributed by atoms with Crippen molar-refractivity contribution in [1.82, 2.24) is 0 Å². The minimum atomic E-state index is -1.08. The maximum Gasteiger partial charge on any atom is 0.336 e. The van der Waals surface area contributed by atoms with Crippen molar-refractivity contribution in [2.75, 3.05) is 13.2 Å². The molecule has 1 saturated heterocycles. The molecule has 2 atom stereocenters. The van der Waals surface area contributed by atoms with Crippen molar-refractivity contribution >= 4 is 5.97 Å². The molecule has 0 bridgehead atoms. The van der Waals surface area contributed by atoms with Crippen molar-refractivity contribution in [1.29, 1.82) is 0 Å². The Morgan fingerprint density at radius 3 is 2.63 bits per heavy atom. The Kier molecular flexibility index (Phi) is 4.10. The fourth-order valence-electron chi connectivity index (χ4n) is 2.54. The lowest BCUT2D eigenvalue weighted by Gasteiger charge is -2.28. The lowest BCUT2D eigenvalue weighted by Crippen LogP contribution is -2.45. The molecule has 4 nitrogen and oxygen atoms in total. The molecule has 0 spiro atoms. The second-order valence-electron chi connectivity index (χ2n) is 4.99. The van der Waals surface area contributed by atoms with Crippen LogP contribution in [0.1, 0.15) is 25.8 Å². The van der Waals surface area contributed by atoms with Crippen LogP contribution in [-0.4, -0.2) is 29.9 Å². The van der Waals surface area contributed by atoms with E-state index in [9.17, 15) is 9.90 Å². The molecule has 1 fully saturated rings. The molecule has 0 amide bonds. The Labute approximate surface area is 113 Å². The maximum absolute atomic E-state index is 11.6. The first-order chi connectivity index (χ1) is 9.08. The quantitative estimate of drug-likeness (QED) is 0.887. The van der Waals surface area contributed by atoms with Gasteiger partial charge in [-0.25, -0.2) is 4.79 Å². The number of benzene rings is 1. The summed E-state index contributed by atoms with van der Waals surface area (Å²) in [7, 11) is 0. The molecule has 4 heteroatoms. The van der Waals surface area contributed by atoms with Crippen LogP contribution in [0, 0.1) is 5.92 Å². The summed E-state index contributed by atoms with van der Waals surface area (Å²) in [6.45, 7) is 5.01. The summed E-state index contributed by atoms with van der Waals surface area (Å²) in [6.07, 6.45) is 1.19. The van der Waals surface area contributed by atoms with E-state index in [0.717, 1.165) is 17.7 Å². The fourth-order valence-corrected chi connectivity index (χ4v) is 2.54. The van der Waals surface area contributed by atoms with Crippen molar-refractivity contribution in [2.24, 2.45) is 5.92 Å². The highest BCUT2D eigenvalue weighted by atomic mass is 16.5. The molecular weight excluding hydrogens is 244 g/mol. The van der Waals surface area contributed by atoms with E-state index in [1.165, 1.54) is 0 Å². The lowest BCUT2D eigenvalue weighted by molar-refractivity contribution is -0.163. The average Bonchev–Trinajstić information content (AvgIpc) is 2.75. The van der Waals surface area contributed by atoms with Crippen molar-refractivity contribution in [3.8, 4) is 5.75 Å². The van der Waals surface area contributed by atoms with Gasteiger partial charge in [0.15, 0.2) is 5.60 Å². The molecule has 104 valence electrons. The zero-order valence-electron chi connectivity index (χ0n) is 11.4. The van der Waals surface area contributed by atoms with Crippen molar-refractivity contribution in [3.05, 3.63) is 29.8 Å². The van der Waals surface area contributed by atoms with Gasteiger partial charge in [-0.3, -0.25) is 0 Å². The van der Waals surface area contributed by atoms with Gasteiger partial charge in [0.05, 0.1) is 6.61 Å². The summed E-state index contributed by atoms with van der Waals surface area (Å²) in [5.41, 5.74) is -0.118. The normalized spacial score (nSPS) is 26.3. The van der Waals surface area contributed by atoms with E-state index in [1.807, 2.05) is 38.1 Å². The third-order valence-corrected chi connectivity index (χ3v) is 3.77. The largest absolute Gasteiger partial charge is 0.494 e. The predicted molar refractivity (Wildman–Crippen MR) is 71.4 cm³/mol. The molecule has 1 aliphatic heterocycles. The number of rotatable bonds is 5. The molecule has 2 rings (SSSR count). The van der Waals surface area contributed by atoms with Gasteiger partial charge in [0.1, 0.15) is 5.75 Å². The first-order valence-corrected chi connectivity index (χ1v) is 6.67. The van der Waals surface area contributed by atoms with Crippen LogP contribution in [0.2, 0.25) is 0 Å². The highest BCUT2D eigenvalue weighted by Crippen LogP contribution is 2.35. The molecule has 19 heavy (non-hydrogen) atoms. The summed E-state index contributed by atoms with van der Waals surface area (Å²) in [6, 6.07) is 7.55. The molecule has 2 unspecified atom stereocenters. The van der Waals surface area contributed by atoms with Crippen LogP contribution >= 0.6 is 0 Å². The molecule has 0 aromatic heterocycles. The average molecular weight is 264 g/mol. The minimum Gasteiger partial charge on any atom is -0.494 e. The number of aliphatic carboxylic acids is 1. The van der Waals surface area contributed by atoms with Gasteiger partial charge in [-0.1, -0.05) is 19.1 Å². The van der Waals surface area contributed by atoms with Gasteiger partial charge in [-0.2, -0.15) is 0 Å². The molecule has 1 aliphatic rings. The SMILES string of the molecule is CCOc1ccc(CC2(C(=O)O)OCCC2C)cc1. The number of carboxylic acid groups (broad SMARTS) is 1. The summed E-state index contributed by atoms with van der Waals surface area (Å²) in [5, 5.41) is 9.48. The number of hydrogen-bond donors (Lipinski definition) is 1. The number of carbonyl (C=O) groups is 1. The predicted octanol–water partition coefficient (Wildman–Crippen LogP) is 2.51. The third-order valence-electron chi connectivity index (χ3n) is 3.77. The summed E-state index contributed by atoms with van der Waals surface area (Å²) < 4.78 is 10.9. The van der Waals surface area contributed by atoms with E-state index < -0.39 is 11.6 Å². The minimum absolute atomic E-state index is 0.0246. The van der Waals surface area contributed by atoms with E-state index >= 15 is 0 Å². The third kappa shape index (κ3) is 2.73. The molecule has 1 heterocycles. The van der Waals surface area contributed by atoms with Crippen LogP contribution in [-0.2, 0) is 16.0 Å². The van der Waals surface area contributed by atoms with Gasteiger partial charge in [-0.05, 0) is 37.0 Å². The van der Waals surface area contributed by atoms with E-state index in [0.29, 0.717) is 19.6 Å². The second kappa shape index (κ2) is 5.61. The Morgan fingerprint density at radius 1 is 1.47 bits per heavy atom. The van der Waals surface area contributed by atoms with Gasteiger partial charge in [0.25, 0.3) is 0 Å². The molecule has 1 aromatic rings. The van der Waals surface area contributed by atoms with E-state index in [-0.39, 0.29) is 5.92 Å². The first-order valence-electron chi connectivity index (χ1n) is 6.67. The van der Waals surface area contributed by atoms with Crippen molar-refractivity contribution in [3.63, 3.8) is 0 Å². The van der Waals surface area contributed by atoms with Gasteiger partial charge >= 0.3 is 5.97 Å². The zero-order valence-corrected chi connectivity index (χ0v) is 11.4. The monoisotopic (exact) mass is 264 g/mol. The smallest absolute Gasteiger partial charge is 0.336 e. The Morgan fingerprint density at radius 2 is 2.16 bits per heavy atom. The molecule has 1 aromatic carbocycles. The first kappa shape index (κ1) is 13.9. The van der Waals surface area contributed by atoms with Gasteiger partial charge in [0, 0.05) is 13.0 Å². The molecule has 0 saturated carbocycles. The van der Waals surface area contributed by atoms with Crippen LogP contribution in [0.15, 0.2) is 24.3 Å². The van der Waals surface area contributed by atoms with Gasteiger partial charge < -0.3 is 14.6 Å². The van der Waals surface area contributed by atoms with Gasteiger partial charge in [0.2, 0.25) is 0 Å². The topological polar surface area (TPSA) is 55.8 Å². The van der Waals surface area contributed by atoms with Gasteiger partial charge in [-0.15, -0.1) is 0 Å². The number of hydrogen-bond acceptors (Lipinski definition) is 3. The molecule has 0 aliphatic carbocycles. The zero-order chi connectivity index (χ0) is 13.9. The standard InChI is InChI=1S/C15H20O4/c1-3-18-13-6-4-12(5-7-13)10-15(14(16)17)11(2)8-9-19-15/h4-7,11H,3,8-10H2,1-2H3,(H,16,17). The number of carboxylic acids is 1. The molecular formula is C15H20O4. The summed E-state index contributed by atoms with van der Waals surface area (Å²) >= 11 is 0. The summed E-state index contributed by atoms with van der Waals surface area (Å²) in [4.78, 5) is 11.6. The van der Waals surface area contributed by atoms with Crippen molar-refractivity contribution in [2.45, 2.75) is 32.3 Å². The fraction of sp³-hybridized carbons (Fsp3) is 0.533. The maximum atomic E-state index is 11.6. The lowest BCUT2D eigenvalue weighted by atomic mass is 9.83. The van der Waals surface area contributed by atoms with Crippen LogP contribution in [0.5, 0.6) is 5.75 Å². The van der Waals surface area contributed by atoms with E-state index in [1.54, 1.807) is 0 Å². The second-order valence-corrected chi connectivity index (χ2v) is 4.99. The molecule has 1 N–H and O–H groups in total. The van der Waals surface area contributed by atoms with Crippen LogP contribution < -0.4 is 4.74 Å². The van der Waals surface area contributed by atoms with Crippen LogP contribution in [0.25, 0.3) is 0 Å². The Hall–Kier alpha value is -1.55. The number of ether oxygens (including phenoxy) is 2. The van der Waals surface area contributed by atoms with Crippen molar-refractivity contribution < 1.29 is 19.4 Å². The highest BCUT2D eigenvalue weighted by molar-refractivity contribution is 5.78. The van der Waals surface area contributed by atoms with E-state index in [4.69, 9.17) is 9.47 Å². The van der Waals surface area contributed by atoms with Crippen LogP contribution in [0.4, 0.5) is 0 Å². The Balaban J connectivity index is 2.16. The highest BCUT2D eigenvalue weighted by Gasteiger charge is 2.48. The van der Waals surface area contributed by atoms with E-state index in [2.05, 4.69) is 0 Å². The molecule has 0 radical (unpaired) electrons.